The van der Waals surface area contributed by atoms with Crippen LogP contribution in [0.1, 0.15) is 23.9 Å². The molecule has 0 aliphatic rings. The van der Waals surface area contributed by atoms with Crippen LogP contribution in [0.2, 0.25) is 0 Å². The van der Waals surface area contributed by atoms with E-state index in [1.807, 2.05) is 0 Å². The number of imidazole rings is 1. The van der Waals surface area contributed by atoms with Gasteiger partial charge in [-0.2, -0.15) is 9.97 Å². The van der Waals surface area contributed by atoms with E-state index in [4.69, 9.17) is 20.1 Å². The van der Waals surface area contributed by atoms with E-state index >= 15 is 0 Å². The second kappa shape index (κ2) is 7.95. The van der Waals surface area contributed by atoms with Gasteiger partial charge in [-0.15, -0.1) is 0 Å². The molecule has 11 heteroatoms. The van der Waals surface area contributed by atoms with Gasteiger partial charge in [-0.05, 0) is 31.5 Å². The molecule has 0 radical (unpaired) electrons. The lowest BCUT2D eigenvalue weighted by Crippen LogP contribution is -2.23. The first-order valence-corrected chi connectivity index (χ1v) is 9.49. The summed E-state index contributed by atoms with van der Waals surface area (Å²) in [4.78, 5) is 12.6. The van der Waals surface area contributed by atoms with Crippen molar-refractivity contribution in [2.75, 3.05) is 18.9 Å². The molecular formula is C20H22N6O5. The van der Waals surface area contributed by atoms with Gasteiger partial charge in [0.1, 0.15) is 35.6 Å². The average Bonchev–Trinajstić information content (AvgIpc) is 3.35. The van der Waals surface area contributed by atoms with Gasteiger partial charge in [-0.25, -0.2) is 9.55 Å². The number of anilines is 1. The van der Waals surface area contributed by atoms with E-state index in [1.165, 1.54) is 6.20 Å². The number of nitrogens with zero attached hydrogens (tertiary/aromatic N) is 5. The minimum atomic E-state index is -1.43. The van der Waals surface area contributed by atoms with Crippen LogP contribution in [0.5, 0.6) is 6.01 Å². The fourth-order valence-electron chi connectivity index (χ4n) is 3.13. The molecule has 1 aromatic carbocycles. The van der Waals surface area contributed by atoms with E-state index < -0.39 is 18.3 Å². The van der Waals surface area contributed by atoms with Gasteiger partial charge in [0.15, 0.2) is 0 Å². The maximum absolute atomic E-state index is 11.2. The van der Waals surface area contributed by atoms with Gasteiger partial charge >= 0.3 is 6.01 Å². The third-order valence-corrected chi connectivity index (χ3v) is 4.82. The van der Waals surface area contributed by atoms with Gasteiger partial charge in [0.2, 0.25) is 5.95 Å². The third kappa shape index (κ3) is 3.93. The van der Waals surface area contributed by atoms with Crippen molar-refractivity contribution in [2.24, 2.45) is 0 Å². The number of rotatable bonds is 7. The maximum atomic E-state index is 11.2. The summed E-state index contributed by atoms with van der Waals surface area (Å²) in [6.45, 7) is 2.73. The molecule has 3 heterocycles. The number of nitrogens with two attached hydrogens (primary N) is 1. The zero-order chi connectivity index (χ0) is 22.2. The predicted octanol–water partition coefficient (Wildman–Crippen LogP) is 0.682. The zero-order valence-electron chi connectivity index (χ0n) is 16.9. The highest BCUT2D eigenvalue weighted by atomic mass is 16.5. The van der Waals surface area contributed by atoms with Crippen LogP contribution in [0.4, 0.5) is 5.95 Å². The highest BCUT2D eigenvalue weighted by molar-refractivity contribution is 5.80. The Morgan fingerprint density at radius 1 is 1.26 bits per heavy atom. The van der Waals surface area contributed by atoms with Crippen LogP contribution in [0, 0.1) is 6.92 Å². The molecule has 31 heavy (non-hydrogen) atoms. The number of benzene rings is 1. The number of aromatic nitrogens is 5. The van der Waals surface area contributed by atoms with Crippen molar-refractivity contribution in [2.45, 2.75) is 25.6 Å². The Bertz CT molecular complexity index is 1220. The topological polar surface area (TPSA) is 166 Å². The smallest absolute Gasteiger partial charge is 0.303 e. The molecule has 0 spiro atoms. The summed E-state index contributed by atoms with van der Waals surface area (Å²) in [7, 11) is 0. The van der Waals surface area contributed by atoms with Gasteiger partial charge in [0.25, 0.3) is 0 Å². The van der Waals surface area contributed by atoms with Crippen molar-refractivity contribution in [3.05, 3.63) is 53.5 Å². The molecule has 2 unspecified atom stereocenters. The number of hydrogen-bond acceptors (Lipinski definition) is 10. The van der Waals surface area contributed by atoms with Crippen LogP contribution in [0.15, 0.2) is 41.1 Å². The Morgan fingerprint density at radius 3 is 2.74 bits per heavy atom. The highest BCUT2D eigenvalue weighted by Crippen LogP contribution is 2.33. The zero-order valence-corrected chi connectivity index (χ0v) is 16.9. The van der Waals surface area contributed by atoms with Crippen LogP contribution < -0.4 is 10.5 Å². The van der Waals surface area contributed by atoms with Crippen molar-refractivity contribution >= 4 is 17.0 Å². The van der Waals surface area contributed by atoms with Gasteiger partial charge in [0.05, 0.1) is 17.6 Å². The predicted molar refractivity (Wildman–Crippen MR) is 110 cm³/mol. The molecule has 5 N–H and O–H groups in total. The molecular weight excluding hydrogens is 404 g/mol. The molecule has 0 aliphatic heterocycles. The minimum absolute atomic E-state index is 0.0573. The molecule has 4 aromatic rings. The normalized spacial score (nSPS) is 14.5. The number of nitrogen functional groups attached to an aromatic ring is 1. The fraction of sp³-hybridized carbons (Fsp3) is 0.300. The summed E-state index contributed by atoms with van der Waals surface area (Å²) in [5.41, 5.74) is 6.36. The Morgan fingerprint density at radius 2 is 2.06 bits per heavy atom. The van der Waals surface area contributed by atoms with Crippen LogP contribution in [0.25, 0.3) is 16.9 Å². The Balaban J connectivity index is 1.86. The first-order valence-electron chi connectivity index (χ1n) is 9.49. The molecule has 0 amide bonds. The summed E-state index contributed by atoms with van der Waals surface area (Å²) in [5, 5.41) is 33.8. The SMILES string of the molecule is Cc1cc(C(C)(O)c2ccc3nc(OCC(O)CO)n(-c4ccnc(N)n4)c3c2)no1. The van der Waals surface area contributed by atoms with Crippen molar-refractivity contribution in [1.82, 2.24) is 24.7 Å². The number of hydrogen-bond donors (Lipinski definition) is 4. The van der Waals surface area contributed by atoms with Crippen LogP contribution in [-0.2, 0) is 5.60 Å². The lowest BCUT2D eigenvalue weighted by atomic mass is 9.92. The van der Waals surface area contributed by atoms with E-state index in [0.717, 1.165) is 0 Å². The summed E-state index contributed by atoms with van der Waals surface area (Å²) in [6, 6.07) is 8.61. The summed E-state index contributed by atoms with van der Waals surface area (Å²) >= 11 is 0. The maximum Gasteiger partial charge on any atom is 0.303 e. The van der Waals surface area contributed by atoms with Crippen molar-refractivity contribution in [1.29, 1.82) is 0 Å². The minimum Gasteiger partial charge on any atom is -0.462 e. The van der Waals surface area contributed by atoms with E-state index in [2.05, 4.69) is 20.1 Å². The van der Waals surface area contributed by atoms with Crippen LogP contribution >= 0.6 is 0 Å². The van der Waals surface area contributed by atoms with E-state index in [-0.39, 0.29) is 18.6 Å². The number of aliphatic hydroxyl groups excluding tert-OH is 2. The first kappa shape index (κ1) is 20.7. The second-order valence-electron chi connectivity index (χ2n) is 7.25. The molecule has 4 rings (SSSR count). The monoisotopic (exact) mass is 426 g/mol. The van der Waals surface area contributed by atoms with E-state index in [9.17, 15) is 10.2 Å². The molecule has 0 fully saturated rings. The molecule has 0 saturated heterocycles. The highest BCUT2D eigenvalue weighted by Gasteiger charge is 2.30. The van der Waals surface area contributed by atoms with Gasteiger partial charge < -0.3 is 30.3 Å². The van der Waals surface area contributed by atoms with Gasteiger partial charge in [-0.1, -0.05) is 11.2 Å². The van der Waals surface area contributed by atoms with E-state index in [0.29, 0.717) is 33.9 Å². The van der Waals surface area contributed by atoms with Crippen molar-refractivity contribution < 1.29 is 24.6 Å². The third-order valence-electron chi connectivity index (χ3n) is 4.82. The summed E-state index contributed by atoms with van der Waals surface area (Å²) in [6.07, 6.45) is 0.420. The largest absolute Gasteiger partial charge is 0.462 e. The van der Waals surface area contributed by atoms with E-state index in [1.54, 1.807) is 48.7 Å². The number of ether oxygens (including phenoxy) is 1. The quantitative estimate of drug-likeness (QED) is 0.330. The number of fused-ring (bicyclic) bond motifs is 1. The standard InChI is InChI=1S/C20H22N6O5/c1-11-7-16(25-31-11)20(2,29)12-3-4-14-15(8-12)26(17-5-6-22-18(21)24-17)19(23-14)30-10-13(28)9-27/h3-8,13,27-29H,9-10H2,1-2H3,(H2,21,22,24). The Kier molecular flexibility index (Phi) is 5.31. The summed E-state index contributed by atoms with van der Waals surface area (Å²) in [5.74, 6) is 1.02. The van der Waals surface area contributed by atoms with Gasteiger partial charge in [0, 0.05) is 18.3 Å². The molecule has 0 aliphatic carbocycles. The summed E-state index contributed by atoms with van der Waals surface area (Å²) < 4.78 is 12.3. The van der Waals surface area contributed by atoms with Crippen molar-refractivity contribution in [3.8, 4) is 11.8 Å². The average molecular weight is 426 g/mol. The first-order chi connectivity index (χ1) is 14.8. The lowest BCUT2D eigenvalue weighted by molar-refractivity contribution is 0.0500. The number of aliphatic hydroxyl groups is 3. The molecule has 3 aromatic heterocycles. The molecule has 0 bridgehead atoms. The molecule has 11 nitrogen and oxygen atoms in total. The van der Waals surface area contributed by atoms with Crippen LogP contribution in [0.3, 0.4) is 0 Å². The van der Waals surface area contributed by atoms with Crippen molar-refractivity contribution in [3.63, 3.8) is 0 Å². The lowest BCUT2D eigenvalue weighted by Gasteiger charge is -2.21. The number of aryl methyl sites for hydroxylation is 1. The van der Waals surface area contributed by atoms with Gasteiger partial charge in [-0.3, -0.25) is 0 Å². The Labute approximate surface area is 176 Å². The second-order valence-corrected chi connectivity index (χ2v) is 7.25. The molecule has 2 atom stereocenters. The molecule has 162 valence electrons. The van der Waals surface area contributed by atoms with Crippen LogP contribution in [-0.4, -0.2) is 59.3 Å². The Hall–Kier alpha value is -3.54. The fourth-order valence-corrected chi connectivity index (χ4v) is 3.13. The molecule has 0 saturated carbocycles.